The average molecular weight is 605 g/mol. The van der Waals surface area contributed by atoms with Crippen molar-refractivity contribution < 1.29 is 18.0 Å². The number of halogens is 2. The van der Waals surface area contributed by atoms with E-state index in [2.05, 4.69) is 5.32 Å². The highest BCUT2D eigenvalue weighted by Crippen LogP contribution is 2.28. The molecule has 0 aliphatic carbocycles. The van der Waals surface area contributed by atoms with E-state index in [9.17, 15) is 18.0 Å². The molecule has 2 amide bonds. The Bertz CT molecular complexity index is 1440. The molecule has 1 N–H and O–H groups in total. The molecule has 0 saturated carbocycles. The predicted octanol–water partition coefficient (Wildman–Crippen LogP) is 6.17. The first-order valence-electron chi connectivity index (χ1n) is 13.1. The summed E-state index contributed by atoms with van der Waals surface area (Å²) >= 11 is 12.5. The van der Waals surface area contributed by atoms with E-state index in [-0.39, 0.29) is 23.3 Å². The minimum absolute atomic E-state index is 0.0160. The Labute approximate surface area is 247 Å². The van der Waals surface area contributed by atoms with Gasteiger partial charge >= 0.3 is 0 Å². The number of likely N-dealkylation sites (N-methyl/N-ethyl adjacent to an activating group) is 1. The number of aryl methyl sites for hydroxylation is 1. The van der Waals surface area contributed by atoms with Crippen LogP contribution in [0.25, 0.3) is 0 Å². The van der Waals surface area contributed by atoms with Crippen LogP contribution in [0.3, 0.4) is 0 Å². The summed E-state index contributed by atoms with van der Waals surface area (Å²) in [6.07, 6.45) is 0. The molecule has 3 aromatic rings. The van der Waals surface area contributed by atoms with Gasteiger partial charge in [0.2, 0.25) is 11.8 Å². The number of carbonyl (C=O) groups is 2. The van der Waals surface area contributed by atoms with E-state index in [0.717, 1.165) is 15.4 Å². The van der Waals surface area contributed by atoms with Crippen molar-refractivity contribution in [2.45, 2.75) is 58.0 Å². The number of nitrogens with zero attached hydrogens (tertiary/aromatic N) is 2. The molecule has 0 spiro atoms. The maximum Gasteiger partial charge on any atom is 0.264 e. The number of rotatable bonds is 11. The Balaban J connectivity index is 2.06. The van der Waals surface area contributed by atoms with Crippen LogP contribution in [-0.4, -0.2) is 44.3 Å². The third-order valence-electron chi connectivity index (χ3n) is 6.61. The second-order valence-corrected chi connectivity index (χ2v) is 12.6. The number of sulfonamides is 1. The van der Waals surface area contributed by atoms with Gasteiger partial charge in [0.25, 0.3) is 10.0 Å². The van der Waals surface area contributed by atoms with Gasteiger partial charge in [-0.25, -0.2) is 8.42 Å². The maximum atomic E-state index is 13.9. The number of carbonyl (C=O) groups excluding carboxylic acids is 2. The highest BCUT2D eigenvalue weighted by atomic mass is 35.5. The van der Waals surface area contributed by atoms with Crippen LogP contribution < -0.4 is 9.62 Å². The van der Waals surface area contributed by atoms with Crippen molar-refractivity contribution in [1.82, 2.24) is 10.2 Å². The van der Waals surface area contributed by atoms with E-state index in [1.165, 1.54) is 17.0 Å². The monoisotopic (exact) mass is 603 g/mol. The molecule has 0 fully saturated rings. The SMILES string of the molecule is CCNC(=O)C(C)N(Cc1ccc(Cl)cc1Cl)C(=O)CN(c1ccc(C(C)C)cc1)S(=O)(=O)c1ccc(C)cc1. The predicted molar refractivity (Wildman–Crippen MR) is 161 cm³/mol. The van der Waals surface area contributed by atoms with Crippen molar-refractivity contribution >= 4 is 50.7 Å². The van der Waals surface area contributed by atoms with Gasteiger partial charge in [-0.2, -0.15) is 0 Å². The molecular formula is C30H35Cl2N3O4S. The third kappa shape index (κ3) is 7.56. The number of anilines is 1. The first-order chi connectivity index (χ1) is 18.8. The summed E-state index contributed by atoms with van der Waals surface area (Å²) in [6.45, 7) is 9.17. The summed E-state index contributed by atoms with van der Waals surface area (Å²) in [5.41, 5.74) is 2.86. The molecule has 214 valence electrons. The zero-order valence-electron chi connectivity index (χ0n) is 23.3. The number of benzene rings is 3. The molecule has 10 heteroatoms. The van der Waals surface area contributed by atoms with Gasteiger partial charge in [-0.05, 0) is 74.2 Å². The Kier molecular flexibility index (Phi) is 10.6. The lowest BCUT2D eigenvalue weighted by molar-refractivity contribution is -0.139. The highest BCUT2D eigenvalue weighted by Gasteiger charge is 2.32. The largest absolute Gasteiger partial charge is 0.355 e. The number of amides is 2. The lowest BCUT2D eigenvalue weighted by atomic mass is 10.0. The van der Waals surface area contributed by atoms with E-state index < -0.39 is 28.5 Å². The molecule has 1 atom stereocenters. The molecule has 3 aromatic carbocycles. The highest BCUT2D eigenvalue weighted by molar-refractivity contribution is 7.92. The summed E-state index contributed by atoms with van der Waals surface area (Å²) in [4.78, 5) is 28.2. The van der Waals surface area contributed by atoms with Gasteiger partial charge in [-0.15, -0.1) is 0 Å². The van der Waals surface area contributed by atoms with Crippen LogP contribution in [0.4, 0.5) is 5.69 Å². The van der Waals surface area contributed by atoms with Crippen molar-refractivity contribution in [3.63, 3.8) is 0 Å². The summed E-state index contributed by atoms with van der Waals surface area (Å²) in [7, 11) is -4.13. The zero-order valence-corrected chi connectivity index (χ0v) is 25.6. The molecule has 3 rings (SSSR count). The fourth-order valence-electron chi connectivity index (χ4n) is 4.13. The number of hydrogen-bond acceptors (Lipinski definition) is 4. The van der Waals surface area contributed by atoms with Crippen molar-refractivity contribution in [1.29, 1.82) is 0 Å². The molecule has 0 saturated heterocycles. The topological polar surface area (TPSA) is 86.8 Å². The van der Waals surface area contributed by atoms with Gasteiger partial charge in [0.15, 0.2) is 0 Å². The standard InChI is InChI=1S/C30H35Cl2N3O4S/c1-6-33-30(37)22(5)34(18-24-9-12-25(31)17-28(24)32)29(36)19-35(26-13-10-23(11-14-26)20(2)3)40(38,39)27-15-7-21(4)8-16-27/h7-17,20,22H,6,18-19H2,1-5H3,(H,33,37). The van der Waals surface area contributed by atoms with E-state index in [1.807, 2.05) is 32.9 Å². The summed E-state index contributed by atoms with van der Waals surface area (Å²) in [5.74, 6) is -0.682. The normalized spacial score (nSPS) is 12.2. The minimum atomic E-state index is -4.13. The van der Waals surface area contributed by atoms with Crippen LogP contribution in [0.5, 0.6) is 0 Å². The van der Waals surface area contributed by atoms with Gasteiger partial charge in [-0.3, -0.25) is 13.9 Å². The maximum absolute atomic E-state index is 13.9. The molecule has 0 aliphatic heterocycles. The fourth-order valence-corrected chi connectivity index (χ4v) is 6.01. The van der Waals surface area contributed by atoms with Crippen LogP contribution in [0.15, 0.2) is 71.6 Å². The lowest BCUT2D eigenvalue weighted by Gasteiger charge is -2.32. The quantitative estimate of drug-likeness (QED) is 0.284. The lowest BCUT2D eigenvalue weighted by Crippen LogP contribution is -2.51. The summed E-state index contributed by atoms with van der Waals surface area (Å²) in [6, 6.07) is 17.5. The molecule has 0 radical (unpaired) electrons. The molecular weight excluding hydrogens is 569 g/mol. The van der Waals surface area contributed by atoms with Crippen LogP contribution in [0.2, 0.25) is 10.0 Å². The second kappa shape index (κ2) is 13.5. The van der Waals surface area contributed by atoms with E-state index >= 15 is 0 Å². The first-order valence-corrected chi connectivity index (χ1v) is 15.2. The Morgan fingerprint density at radius 3 is 2.10 bits per heavy atom. The van der Waals surface area contributed by atoms with Gasteiger partial charge in [0.1, 0.15) is 12.6 Å². The molecule has 40 heavy (non-hydrogen) atoms. The van der Waals surface area contributed by atoms with E-state index in [4.69, 9.17) is 23.2 Å². The first kappa shape index (κ1) is 31.5. The summed E-state index contributed by atoms with van der Waals surface area (Å²) < 4.78 is 28.9. The van der Waals surface area contributed by atoms with Crippen LogP contribution in [-0.2, 0) is 26.2 Å². The van der Waals surface area contributed by atoms with E-state index in [0.29, 0.717) is 27.8 Å². The summed E-state index contributed by atoms with van der Waals surface area (Å²) in [5, 5.41) is 3.50. The van der Waals surface area contributed by atoms with Crippen molar-refractivity contribution in [2.24, 2.45) is 0 Å². The minimum Gasteiger partial charge on any atom is -0.355 e. The van der Waals surface area contributed by atoms with E-state index in [1.54, 1.807) is 56.3 Å². The van der Waals surface area contributed by atoms with Gasteiger partial charge < -0.3 is 10.2 Å². The Hall–Kier alpha value is -3.07. The average Bonchev–Trinajstić information content (AvgIpc) is 2.91. The van der Waals surface area contributed by atoms with Gasteiger partial charge in [0, 0.05) is 23.1 Å². The number of hydrogen-bond donors (Lipinski definition) is 1. The molecule has 0 aliphatic rings. The Morgan fingerprint density at radius 2 is 1.55 bits per heavy atom. The van der Waals surface area contributed by atoms with Crippen molar-refractivity contribution in [2.75, 3.05) is 17.4 Å². The van der Waals surface area contributed by atoms with Crippen molar-refractivity contribution in [3.05, 3.63) is 93.5 Å². The third-order valence-corrected chi connectivity index (χ3v) is 8.98. The molecule has 0 aromatic heterocycles. The van der Waals surface area contributed by atoms with Gasteiger partial charge in [0.05, 0.1) is 10.6 Å². The Morgan fingerprint density at radius 1 is 0.925 bits per heavy atom. The fraction of sp³-hybridized carbons (Fsp3) is 0.333. The van der Waals surface area contributed by atoms with Crippen LogP contribution in [0.1, 0.15) is 50.3 Å². The smallest absolute Gasteiger partial charge is 0.264 e. The molecule has 0 bridgehead atoms. The van der Waals surface area contributed by atoms with Gasteiger partial charge in [-0.1, -0.05) is 72.9 Å². The molecule has 0 heterocycles. The van der Waals surface area contributed by atoms with Crippen molar-refractivity contribution in [3.8, 4) is 0 Å². The second-order valence-electron chi connectivity index (χ2n) is 9.90. The zero-order chi connectivity index (χ0) is 29.6. The molecule has 1 unspecified atom stereocenters. The molecule has 7 nitrogen and oxygen atoms in total. The van der Waals surface area contributed by atoms with Crippen LogP contribution in [0, 0.1) is 6.92 Å². The number of nitrogens with one attached hydrogen (secondary N) is 1. The van der Waals surface area contributed by atoms with Crippen LogP contribution >= 0.6 is 23.2 Å².